The summed E-state index contributed by atoms with van der Waals surface area (Å²) in [6.45, 7) is 1.56. The summed E-state index contributed by atoms with van der Waals surface area (Å²) >= 11 is 0. The highest BCUT2D eigenvalue weighted by Crippen LogP contribution is 2.31. The van der Waals surface area contributed by atoms with Crippen molar-refractivity contribution in [1.29, 1.82) is 5.41 Å². The summed E-state index contributed by atoms with van der Waals surface area (Å²) in [5.41, 5.74) is 0. The molecule has 4 unspecified atom stereocenters. The van der Waals surface area contributed by atoms with Crippen molar-refractivity contribution in [2.75, 3.05) is 6.54 Å². The molecule has 162 valence electrons. The Hall–Kier alpha value is -2.25. The molecule has 3 aliphatic rings. The molecule has 0 aromatic rings. The number of urea groups is 1. The zero-order valence-corrected chi connectivity index (χ0v) is 16.8. The molecular formula is C16H25N5O7S. The molecule has 13 heteroatoms. The summed E-state index contributed by atoms with van der Waals surface area (Å²) in [5, 5.41) is 14.3. The number of hydroxylamine groups is 2. The quantitative estimate of drug-likeness (QED) is 0.265. The predicted octanol–water partition coefficient (Wildman–Crippen LogP) is -0.222. The Labute approximate surface area is 168 Å². The van der Waals surface area contributed by atoms with Crippen LogP contribution in [0.5, 0.6) is 0 Å². The van der Waals surface area contributed by atoms with E-state index < -0.39 is 28.5 Å². The standard InChI is InChI=1S/C16H25N5O7S/c1-9(22)18-11-4-2-3-10(7-11)15(23)19-14(17)13-6-5-12-8-20(13)16(24)21(12)28-29(25,26)27/h10-13H,2-8H2,1H3,(H,18,22)(H2,17,19,23)(H,25,26,27). The third kappa shape index (κ3) is 5.03. The van der Waals surface area contributed by atoms with Crippen LogP contribution in [-0.4, -0.2) is 71.3 Å². The van der Waals surface area contributed by atoms with Gasteiger partial charge in [-0.25, -0.2) is 4.79 Å². The molecule has 12 nitrogen and oxygen atoms in total. The molecule has 4 N–H and O–H groups in total. The van der Waals surface area contributed by atoms with Crippen LogP contribution < -0.4 is 10.6 Å². The van der Waals surface area contributed by atoms with Crippen LogP contribution in [0.2, 0.25) is 0 Å². The summed E-state index contributed by atoms with van der Waals surface area (Å²) in [6, 6.07) is -2.13. The Balaban J connectivity index is 1.59. The lowest BCUT2D eigenvalue weighted by atomic mass is 9.85. The van der Waals surface area contributed by atoms with Crippen molar-refractivity contribution < 1.29 is 31.6 Å². The van der Waals surface area contributed by atoms with Gasteiger partial charge in [0.25, 0.3) is 0 Å². The largest absolute Gasteiger partial charge is 0.418 e. The summed E-state index contributed by atoms with van der Waals surface area (Å²) < 4.78 is 35.1. The number of nitrogens with zero attached hydrogens (tertiary/aromatic N) is 2. The summed E-state index contributed by atoms with van der Waals surface area (Å²) in [7, 11) is -4.84. The van der Waals surface area contributed by atoms with Gasteiger partial charge >= 0.3 is 16.4 Å². The SMILES string of the molecule is CC(=O)NC1CCCC(C(=O)NC(=N)C2CCC3CN2C(=O)N3OS(=O)(=O)O)C1. The smallest absolute Gasteiger partial charge is 0.354 e. The third-order valence-corrected chi connectivity index (χ3v) is 5.89. The minimum Gasteiger partial charge on any atom is -0.354 e. The molecule has 0 spiro atoms. The van der Waals surface area contributed by atoms with Crippen molar-refractivity contribution >= 4 is 34.1 Å². The Morgan fingerprint density at radius 1 is 1.24 bits per heavy atom. The number of piperidine rings is 1. The number of amidine groups is 1. The number of fused-ring (bicyclic) bond motifs is 2. The monoisotopic (exact) mass is 431 g/mol. The van der Waals surface area contributed by atoms with E-state index >= 15 is 0 Å². The van der Waals surface area contributed by atoms with Gasteiger partial charge in [-0.15, -0.1) is 4.28 Å². The van der Waals surface area contributed by atoms with Gasteiger partial charge < -0.3 is 15.5 Å². The van der Waals surface area contributed by atoms with Gasteiger partial charge in [-0.2, -0.15) is 13.5 Å². The molecule has 1 aliphatic carbocycles. The van der Waals surface area contributed by atoms with E-state index in [4.69, 9.17) is 9.96 Å². The number of nitrogens with one attached hydrogen (secondary N) is 3. The number of hydrogen-bond donors (Lipinski definition) is 4. The molecule has 29 heavy (non-hydrogen) atoms. The molecule has 2 heterocycles. The summed E-state index contributed by atoms with van der Waals surface area (Å²) in [6.07, 6.45) is 3.43. The van der Waals surface area contributed by atoms with Crippen LogP contribution >= 0.6 is 0 Å². The van der Waals surface area contributed by atoms with Crippen LogP contribution in [0.15, 0.2) is 0 Å². The van der Waals surface area contributed by atoms with Crippen molar-refractivity contribution in [1.82, 2.24) is 20.6 Å². The lowest BCUT2D eigenvalue weighted by Crippen LogP contribution is -2.52. The molecule has 2 saturated heterocycles. The number of amides is 4. The fourth-order valence-electron chi connectivity index (χ4n) is 4.30. The van der Waals surface area contributed by atoms with E-state index in [1.54, 1.807) is 0 Å². The maximum Gasteiger partial charge on any atom is 0.418 e. The summed E-state index contributed by atoms with van der Waals surface area (Å²) in [5.74, 6) is -0.960. The fourth-order valence-corrected chi connectivity index (χ4v) is 4.68. The minimum absolute atomic E-state index is 0.0760. The third-order valence-electron chi connectivity index (χ3n) is 5.54. The molecule has 2 aliphatic heterocycles. The molecule has 4 amide bonds. The van der Waals surface area contributed by atoms with Gasteiger partial charge in [0.2, 0.25) is 11.8 Å². The van der Waals surface area contributed by atoms with E-state index in [1.165, 1.54) is 11.8 Å². The molecule has 0 aromatic carbocycles. The summed E-state index contributed by atoms with van der Waals surface area (Å²) in [4.78, 5) is 37.5. The van der Waals surface area contributed by atoms with Crippen molar-refractivity contribution in [2.24, 2.45) is 5.92 Å². The zero-order valence-electron chi connectivity index (χ0n) is 16.0. The Bertz CT molecular complexity index is 816. The first kappa shape index (κ1) is 21.5. The molecule has 0 radical (unpaired) electrons. The van der Waals surface area contributed by atoms with Crippen molar-refractivity contribution in [3.05, 3.63) is 0 Å². The average Bonchev–Trinajstić information content (AvgIpc) is 2.85. The molecule has 3 rings (SSSR count). The highest BCUT2D eigenvalue weighted by atomic mass is 32.3. The van der Waals surface area contributed by atoms with Crippen LogP contribution in [-0.2, 0) is 24.3 Å². The Morgan fingerprint density at radius 3 is 2.62 bits per heavy atom. The van der Waals surface area contributed by atoms with Gasteiger partial charge in [0.15, 0.2) is 0 Å². The van der Waals surface area contributed by atoms with E-state index in [1.807, 2.05) is 0 Å². The highest BCUT2D eigenvalue weighted by Gasteiger charge is 2.48. The molecule has 2 bridgehead atoms. The van der Waals surface area contributed by atoms with Crippen molar-refractivity contribution in [3.8, 4) is 0 Å². The molecule has 3 fully saturated rings. The molecule has 0 aromatic heterocycles. The molecule has 1 saturated carbocycles. The average molecular weight is 431 g/mol. The molecule has 4 atom stereocenters. The van der Waals surface area contributed by atoms with Gasteiger partial charge in [-0.1, -0.05) is 6.42 Å². The van der Waals surface area contributed by atoms with E-state index in [-0.39, 0.29) is 36.2 Å². The van der Waals surface area contributed by atoms with E-state index in [0.717, 1.165) is 12.8 Å². The number of carbonyl (C=O) groups is 3. The van der Waals surface area contributed by atoms with Crippen molar-refractivity contribution in [2.45, 2.75) is 63.6 Å². The van der Waals surface area contributed by atoms with Gasteiger partial charge in [-0.05, 0) is 32.1 Å². The maximum atomic E-state index is 12.6. The van der Waals surface area contributed by atoms with E-state index in [9.17, 15) is 22.8 Å². The van der Waals surface area contributed by atoms with Crippen LogP contribution in [0.25, 0.3) is 0 Å². The van der Waals surface area contributed by atoms with E-state index in [0.29, 0.717) is 30.7 Å². The lowest BCUT2D eigenvalue weighted by molar-refractivity contribution is -0.126. The van der Waals surface area contributed by atoms with Crippen molar-refractivity contribution in [3.63, 3.8) is 0 Å². The zero-order chi connectivity index (χ0) is 21.3. The van der Waals surface area contributed by atoms with Crippen LogP contribution in [0, 0.1) is 11.3 Å². The number of rotatable bonds is 5. The number of carbonyl (C=O) groups excluding carboxylic acids is 3. The number of hydrogen-bond acceptors (Lipinski definition) is 7. The predicted molar refractivity (Wildman–Crippen MR) is 98.8 cm³/mol. The lowest BCUT2D eigenvalue weighted by Gasteiger charge is -2.32. The fraction of sp³-hybridized carbons (Fsp3) is 0.750. The second kappa shape index (κ2) is 8.24. The van der Waals surface area contributed by atoms with Crippen LogP contribution in [0.4, 0.5) is 4.79 Å². The van der Waals surface area contributed by atoms with E-state index in [2.05, 4.69) is 14.9 Å². The second-order valence-electron chi connectivity index (χ2n) is 7.67. The topological polar surface area (TPSA) is 169 Å². The minimum atomic E-state index is -4.84. The van der Waals surface area contributed by atoms with Gasteiger partial charge in [0.05, 0.1) is 12.1 Å². The maximum absolute atomic E-state index is 12.6. The Kier molecular flexibility index (Phi) is 6.10. The highest BCUT2D eigenvalue weighted by molar-refractivity contribution is 7.80. The normalized spacial score (nSPS) is 29.5. The van der Waals surface area contributed by atoms with Gasteiger partial charge in [0.1, 0.15) is 5.84 Å². The first-order valence-corrected chi connectivity index (χ1v) is 10.8. The van der Waals surface area contributed by atoms with Crippen LogP contribution in [0.3, 0.4) is 0 Å². The van der Waals surface area contributed by atoms with Crippen LogP contribution in [0.1, 0.15) is 45.4 Å². The molecular weight excluding hydrogens is 406 g/mol. The first-order valence-electron chi connectivity index (χ1n) is 9.48. The Morgan fingerprint density at radius 2 is 1.97 bits per heavy atom. The van der Waals surface area contributed by atoms with Gasteiger partial charge in [0, 0.05) is 25.4 Å². The second-order valence-corrected chi connectivity index (χ2v) is 8.68. The van der Waals surface area contributed by atoms with Gasteiger partial charge in [-0.3, -0.25) is 19.6 Å². The first-order chi connectivity index (χ1) is 13.5.